The number of fused-ring (bicyclic) bond motifs is 1. The zero-order valence-corrected chi connectivity index (χ0v) is 14.6. The van der Waals surface area contributed by atoms with E-state index >= 15 is 0 Å². The largest absolute Gasteiger partial charge is 0.381 e. The van der Waals surface area contributed by atoms with Crippen LogP contribution < -0.4 is 0 Å². The van der Waals surface area contributed by atoms with Crippen LogP contribution in [0.3, 0.4) is 0 Å². The van der Waals surface area contributed by atoms with Crippen LogP contribution in [0.2, 0.25) is 0 Å². The molecule has 2 unspecified atom stereocenters. The molecule has 0 saturated carbocycles. The molecule has 2 aromatic heterocycles. The van der Waals surface area contributed by atoms with Gasteiger partial charge in [-0.15, -0.1) is 5.10 Å². The average Bonchev–Trinajstić information content (AvgIpc) is 3.17. The minimum atomic E-state index is 0.610. The predicted octanol–water partition coefficient (Wildman–Crippen LogP) is 1.72. The molecular weight excluding hydrogens is 304 g/mol. The zero-order valence-electron chi connectivity index (χ0n) is 14.6. The first-order valence-electron chi connectivity index (χ1n) is 9.06. The molecule has 4 rings (SSSR count). The lowest BCUT2D eigenvalue weighted by Crippen LogP contribution is -2.24. The third kappa shape index (κ3) is 3.09. The molecule has 1 fully saturated rings. The lowest BCUT2D eigenvalue weighted by Gasteiger charge is -2.26. The fourth-order valence-electron chi connectivity index (χ4n) is 3.81. The van der Waals surface area contributed by atoms with Crippen LogP contribution in [0.1, 0.15) is 43.9 Å². The van der Waals surface area contributed by atoms with Crippen LogP contribution in [-0.2, 0) is 30.7 Å². The second kappa shape index (κ2) is 6.63. The Balaban J connectivity index is 1.50. The molecule has 0 N–H and O–H groups in total. The number of hydrogen-bond acceptors (Lipinski definition) is 5. The minimum absolute atomic E-state index is 0.610. The van der Waals surface area contributed by atoms with Gasteiger partial charge < -0.3 is 9.30 Å². The summed E-state index contributed by atoms with van der Waals surface area (Å²) < 4.78 is 9.65. The van der Waals surface area contributed by atoms with Crippen molar-refractivity contribution in [2.24, 2.45) is 17.8 Å². The molecule has 0 spiro atoms. The smallest absolute Gasteiger partial charge is 0.171 e. The molecule has 0 amide bonds. The van der Waals surface area contributed by atoms with Crippen molar-refractivity contribution >= 4 is 0 Å². The summed E-state index contributed by atoms with van der Waals surface area (Å²) in [6.07, 6.45) is 6.32. The molecule has 0 aromatic carbocycles. The van der Waals surface area contributed by atoms with Gasteiger partial charge in [0.15, 0.2) is 5.82 Å². The van der Waals surface area contributed by atoms with E-state index < -0.39 is 0 Å². The summed E-state index contributed by atoms with van der Waals surface area (Å²) in [7, 11) is 0. The maximum Gasteiger partial charge on any atom is 0.171 e. The zero-order chi connectivity index (χ0) is 16.5. The van der Waals surface area contributed by atoms with Crippen molar-refractivity contribution in [1.29, 1.82) is 0 Å². The summed E-state index contributed by atoms with van der Waals surface area (Å²) in [6.45, 7) is 7.96. The van der Waals surface area contributed by atoms with Gasteiger partial charge in [0.1, 0.15) is 0 Å². The lowest BCUT2D eigenvalue weighted by atomic mass is 9.82. The van der Waals surface area contributed by atoms with Crippen molar-refractivity contribution in [3.05, 3.63) is 23.5 Å². The van der Waals surface area contributed by atoms with Crippen molar-refractivity contribution in [3.63, 3.8) is 0 Å². The lowest BCUT2D eigenvalue weighted by molar-refractivity contribution is 0.0596. The summed E-state index contributed by atoms with van der Waals surface area (Å²) in [4.78, 5) is 4.64. The van der Waals surface area contributed by atoms with Gasteiger partial charge in [-0.3, -0.25) is 0 Å². The van der Waals surface area contributed by atoms with E-state index in [0.29, 0.717) is 24.3 Å². The first-order chi connectivity index (χ1) is 11.7. The number of ether oxygens (including phenoxy) is 1. The van der Waals surface area contributed by atoms with Crippen LogP contribution in [0.25, 0.3) is 0 Å². The molecular formula is C17H26N6O. The maximum absolute atomic E-state index is 5.44. The van der Waals surface area contributed by atoms with Crippen molar-refractivity contribution in [3.8, 4) is 0 Å². The maximum atomic E-state index is 5.44. The average molecular weight is 330 g/mol. The Morgan fingerprint density at radius 2 is 1.96 bits per heavy atom. The topological polar surface area (TPSA) is 70.7 Å². The number of nitrogens with zero attached hydrogens (tertiary/aromatic N) is 6. The first kappa shape index (κ1) is 15.7. The van der Waals surface area contributed by atoms with Gasteiger partial charge in [-0.1, -0.05) is 13.8 Å². The number of hydrogen-bond donors (Lipinski definition) is 0. The third-order valence-electron chi connectivity index (χ3n) is 5.72. The van der Waals surface area contributed by atoms with Gasteiger partial charge in [0, 0.05) is 25.5 Å². The summed E-state index contributed by atoms with van der Waals surface area (Å²) in [5.41, 5.74) is 2.62. The molecule has 1 saturated heterocycles. The van der Waals surface area contributed by atoms with E-state index in [4.69, 9.17) is 4.74 Å². The van der Waals surface area contributed by atoms with E-state index in [1.165, 1.54) is 11.4 Å². The molecule has 130 valence electrons. The normalized spacial score (nSPS) is 24.9. The summed E-state index contributed by atoms with van der Waals surface area (Å²) in [6, 6.07) is 0. The highest BCUT2D eigenvalue weighted by Crippen LogP contribution is 2.29. The molecule has 2 aliphatic rings. The summed E-state index contributed by atoms with van der Waals surface area (Å²) in [5, 5.41) is 12.4. The molecule has 1 aliphatic heterocycles. The van der Waals surface area contributed by atoms with Crippen LogP contribution in [0.5, 0.6) is 0 Å². The van der Waals surface area contributed by atoms with Gasteiger partial charge in [-0.25, -0.2) is 9.67 Å². The van der Waals surface area contributed by atoms with Gasteiger partial charge in [0.05, 0.1) is 18.6 Å². The Labute approximate surface area is 142 Å². The monoisotopic (exact) mass is 330 g/mol. The Morgan fingerprint density at radius 1 is 1.17 bits per heavy atom. The van der Waals surface area contributed by atoms with Crippen LogP contribution in [0.15, 0.2) is 6.33 Å². The summed E-state index contributed by atoms with van der Waals surface area (Å²) >= 11 is 0. The fraction of sp³-hybridized carbons (Fsp3) is 0.765. The number of aromatic nitrogens is 6. The second-order valence-corrected chi connectivity index (χ2v) is 7.46. The van der Waals surface area contributed by atoms with Crippen molar-refractivity contribution < 1.29 is 4.74 Å². The minimum Gasteiger partial charge on any atom is -0.381 e. The van der Waals surface area contributed by atoms with Gasteiger partial charge in [0.25, 0.3) is 0 Å². The Hall–Kier alpha value is -1.76. The quantitative estimate of drug-likeness (QED) is 0.853. The summed E-state index contributed by atoms with van der Waals surface area (Å²) in [5.74, 6) is 2.94. The number of rotatable bonds is 4. The first-order valence-corrected chi connectivity index (χ1v) is 9.06. The van der Waals surface area contributed by atoms with Crippen LogP contribution in [0, 0.1) is 17.8 Å². The van der Waals surface area contributed by atoms with Crippen molar-refractivity contribution in [1.82, 2.24) is 29.8 Å². The Bertz CT molecular complexity index is 687. The number of tetrazole rings is 1. The van der Waals surface area contributed by atoms with E-state index in [0.717, 1.165) is 51.3 Å². The van der Waals surface area contributed by atoms with Crippen LogP contribution in [-0.4, -0.2) is 43.0 Å². The van der Waals surface area contributed by atoms with Crippen molar-refractivity contribution in [2.75, 3.05) is 13.2 Å². The van der Waals surface area contributed by atoms with E-state index in [1.54, 1.807) is 0 Å². The van der Waals surface area contributed by atoms with Crippen LogP contribution >= 0.6 is 0 Å². The number of imidazole rings is 1. The molecule has 2 aromatic rings. The van der Waals surface area contributed by atoms with Crippen LogP contribution in [0.4, 0.5) is 0 Å². The van der Waals surface area contributed by atoms with Gasteiger partial charge in [-0.2, -0.15) is 0 Å². The highest BCUT2D eigenvalue weighted by atomic mass is 16.5. The molecule has 3 heterocycles. The standard InChI is InChI=1S/C17H26N6O/c1-12-7-15-16(8-13(12)2)22(11-18-15)10-17-19-20-21-23(17)9-14-3-5-24-6-4-14/h11-14H,3-10H2,1-2H3. The molecule has 1 aliphatic carbocycles. The highest BCUT2D eigenvalue weighted by Gasteiger charge is 2.26. The van der Waals surface area contributed by atoms with E-state index in [1.807, 2.05) is 11.0 Å². The SMILES string of the molecule is CC1Cc2ncn(Cc3nnnn3CC3CCOCC3)c2CC1C. The molecule has 7 heteroatoms. The molecule has 0 bridgehead atoms. The third-order valence-corrected chi connectivity index (χ3v) is 5.72. The molecule has 2 atom stereocenters. The second-order valence-electron chi connectivity index (χ2n) is 7.46. The van der Waals surface area contributed by atoms with Gasteiger partial charge in [-0.05, 0) is 53.9 Å². The molecule has 0 radical (unpaired) electrons. The Morgan fingerprint density at radius 3 is 2.79 bits per heavy atom. The highest BCUT2D eigenvalue weighted by molar-refractivity contribution is 5.19. The van der Waals surface area contributed by atoms with E-state index in [9.17, 15) is 0 Å². The van der Waals surface area contributed by atoms with E-state index in [-0.39, 0.29) is 0 Å². The Kier molecular flexibility index (Phi) is 4.35. The molecule has 7 nitrogen and oxygen atoms in total. The fourth-order valence-corrected chi connectivity index (χ4v) is 3.81. The van der Waals surface area contributed by atoms with Gasteiger partial charge >= 0.3 is 0 Å². The van der Waals surface area contributed by atoms with Gasteiger partial charge in [0.2, 0.25) is 0 Å². The predicted molar refractivity (Wildman–Crippen MR) is 88.4 cm³/mol. The van der Waals surface area contributed by atoms with Crippen molar-refractivity contribution in [2.45, 2.75) is 52.6 Å². The molecule has 24 heavy (non-hydrogen) atoms. The van der Waals surface area contributed by atoms with E-state index in [2.05, 4.69) is 38.9 Å².